The zero-order chi connectivity index (χ0) is 12.1. The zero-order valence-corrected chi connectivity index (χ0v) is 9.12. The van der Waals surface area contributed by atoms with Crippen molar-refractivity contribution in [2.24, 2.45) is 0 Å². The summed E-state index contributed by atoms with van der Waals surface area (Å²) in [4.78, 5) is 16.4. The Bertz CT molecular complexity index is 353. The van der Waals surface area contributed by atoms with Crippen LogP contribution in [0, 0.1) is 0 Å². The first-order valence-corrected chi connectivity index (χ1v) is 4.65. The topological polar surface area (TPSA) is 82.9 Å². The molecule has 1 aromatic heterocycles. The van der Waals surface area contributed by atoms with Crippen molar-refractivity contribution in [1.82, 2.24) is 9.88 Å². The fraction of sp³-hybridized carbons (Fsp3) is 0.333. The van der Waals surface area contributed by atoms with E-state index >= 15 is 0 Å². The van der Waals surface area contributed by atoms with E-state index in [9.17, 15) is 4.79 Å². The van der Waals surface area contributed by atoms with E-state index < -0.39 is 7.12 Å². The van der Waals surface area contributed by atoms with Gasteiger partial charge in [-0.2, -0.15) is 0 Å². The van der Waals surface area contributed by atoms with Crippen LogP contribution in [0.4, 0.5) is 0 Å². The van der Waals surface area contributed by atoms with Crippen LogP contribution < -0.4 is 10.2 Å². The number of amides is 1. The quantitative estimate of drug-likeness (QED) is 0.591. The van der Waals surface area contributed by atoms with Gasteiger partial charge in [-0.1, -0.05) is 6.07 Å². The van der Waals surface area contributed by atoms with Gasteiger partial charge in [-0.3, -0.25) is 4.79 Å². The molecular weight excluding hydrogens is 211 g/mol. The van der Waals surface area contributed by atoms with E-state index in [1.54, 1.807) is 14.1 Å². The third-order valence-corrected chi connectivity index (χ3v) is 1.90. The predicted octanol–water partition coefficient (Wildman–Crippen LogP) is -1.77. The van der Waals surface area contributed by atoms with Crippen LogP contribution >= 0.6 is 0 Å². The van der Waals surface area contributed by atoms with Crippen LogP contribution in [0.15, 0.2) is 18.3 Å². The fourth-order valence-corrected chi connectivity index (χ4v) is 0.895. The molecule has 0 atom stereocenters. The van der Waals surface area contributed by atoms with Gasteiger partial charge >= 0.3 is 7.12 Å². The summed E-state index contributed by atoms with van der Waals surface area (Å²) in [6.45, 7) is -0.0962. The number of aromatic nitrogens is 1. The predicted molar refractivity (Wildman–Crippen MR) is 58.3 cm³/mol. The maximum absolute atomic E-state index is 11.2. The SMILES string of the molecule is CN(C)C(=O)COc1ccc(B(O)O)cn1. The average molecular weight is 224 g/mol. The molecule has 6 nitrogen and oxygen atoms in total. The molecule has 0 radical (unpaired) electrons. The van der Waals surface area contributed by atoms with Gasteiger partial charge in [-0.15, -0.1) is 0 Å². The molecule has 0 aliphatic rings. The second kappa shape index (κ2) is 5.48. The number of likely N-dealkylation sites (N-methyl/N-ethyl adjacent to an activating group) is 1. The van der Waals surface area contributed by atoms with Crippen LogP contribution in [-0.4, -0.2) is 53.7 Å². The molecule has 0 saturated heterocycles. The minimum Gasteiger partial charge on any atom is -0.468 e. The fourth-order valence-electron chi connectivity index (χ4n) is 0.895. The summed E-state index contributed by atoms with van der Waals surface area (Å²) >= 11 is 0. The molecule has 0 unspecified atom stereocenters. The first-order valence-electron chi connectivity index (χ1n) is 4.65. The molecule has 1 rings (SSSR count). The molecule has 2 N–H and O–H groups in total. The minimum absolute atomic E-state index is 0.0962. The van der Waals surface area contributed by atoms with E-state index in [0.29, 0.717) is 0 Å². The maximum Gasteiger partial charge on any atom is 0.490 e. The second-order valence-electron chi connectivity index (χ2n) is 3.38. The molecule has 1 heterocycles. The van der Waals surface area contributed by atoms with Gasteiger partial charge in [0.2, 0.25) is 5.88 Å². The number of hydrogen-bond acceptors (Lipinski definition) is 5. The van der Waals surface area contributed by atoms with E-state index in [2.05, 4.69) is 4.98 Å². The van der Waals surface area contributed by atoms with Crippen LogP contribution in [0.2, 0.25) is 0 Å². The van der Waals surface area contributed by atoms with Crippen LogP contribution in [-0.2, 0) is 4.79 Å². The van der Waals surface area contributed by atoms with E-state index in [1.807, 2.05) is 0 Å². The van der Waals surface area contributed by atoms with Crippen molar-refractivity contribution >= 4 is 18.5 Å². The molecule has 86 valence electrons. The van der Waals surface area contributed by atoms with Gasteiger partial charge in [-0.25, -0.2) is 4.98 Å². The molecule has 1 aromatic rings. The lowest BCUT2D eigenvalue weighted by Crippen LogP contribution is -2.30. The Morgan fingerprint density at radius 3 is 2.62 bits per heavy atom. The molecule has 0 saturated carbocycles. The Morgan fingerprint density at radius 2 is 2.19 bits per heavy atom. The van der Waals surface area contributed by atoms with Gasteiger partial charge in [0.25, 0.3) is 5.91 Å². The van der Waals surface area contributed by atoms with Crippen LogP contribution in [0.1, 0.15) is 0 Å². The van der Waals surface area contributed by atoms with Gasteiger partial charge in [0, 0.05) is 25.8 Å². The number of ether oxygens (including phenoxy) is 1. The Labute approximate surface area is 93.6 Å². The van der Waals surface area contributed by atoms with E-state index in [4.69, 9.17) is 14.8 Å². The summed E-state index contributed by atoms with van der Waals surface area (Å²) < 4.78 is 5.10. The Hall–Kier alpha value is -1.60. The standard InChI is InChI=1S/C9H13BN2O4/c1-12(2)9(13)6-16-8-4-3-7(5-11-8)10(14)15/h3-5,14-15H,6H2,1-2H3. The highest BCUT2D eigenvalue weighted by molar-refractivity contribution is 6.58. The molecule has 0 bridgehead atoms. The van der Waals surface area contributed by atoms with E-state index in [-0.39, 0.29) is 23.9 Å². The number of carbonyl (C=O) groups excluding carboxylic acids is 1. The molecule has 0 aliphatic heterocycles. The highest BCUT2D eigenvalue weighted by Crippen LogP contribution is 2.02. The molecular formula is C9H13BN2O4. The van der Waals surface area contributed by atoms with Crippen LogP contribution in [0.3, 0.4) is 0 Å². The van der Waals surface area contributed by atoms with E-state index in [1.165, 1.54) is 23.2 Å². The van der Waals surface area contributed by atoms with Crippen molar-refractivity contribution in [3.05, 3.63) is 18.3 Å². The third-order valence-electron chi connectivity index (χ3n) is 1.90. The Kier molecular flexibility index (Phi) is 4.27. The second-order valence-corrected chi connectivity index (χ2v) is 3.38. The zero-order valence-electron chi connectivity index (χ0n) is 9.12. The lowest BCUT2D eigenvalue weighted by atomic mass is 9.82. The summed E-state index contributed by atoms with van der Waals surface area (Å²) in [5.41, 5.74) is 0.270. The Balaban J connectivity index is 2.53. The summed E-state index contributed by atoms with van der Waals surface area (Å²) in [6.07, 6.45) is 1.28. The molecule has 0 fully saturated rings. The van der Waals surface area contributed by atoms with Crippen molar-refractivity contribution in [3.63, 3.8) is 0 Å². The summed E-state index contributed by atoms with van der Waals surface area (Å²) in [5.74, 6) is 0.0904. The first-order chi connectivity index (χ1) is 7.50. The highest BCUT2D eigenvalue weighted by atomic mass is 16.5. The molecule has 1 amide bonds. The van der Waals surface area contributed by atoms with Crippen molar-refractivity contribution in [2.75, 3.05) is 20.7 Å². The maximum atomic E-state index is 11.2. The van der Waals surface area contributed by atoms with E-state index in [0.717, 1.165) is 0 Å². The molecule has 0 aromatic carbocycles. The summed E-state index contributed by atoms with van der Waals surface area (Å²) in [5, 5.41) is 17.6. The molecule has 7 heteroatoms. The van der Waals surface area contributed by atoms with Gasteiger partial charge in [0.05, 0.1) is 0 Å². The number of carbonyl (C=O) groups is 1. The van der Waals surface area contributed by atoms with Crippen LogP contribution in [0.5, 0.6) is 5.88 Å². The number of nitrogens with zero attached hydrogens (tertiary/aromatic N) is 2. The van der Waals surface area contributed by atoms with Gasteiger partial charge in [-0.05, 0) is 6.07 Å². The van der Waals surface area contributed by atoms with Crippen molar-refractivity contribution in [3.8, 4) is 5.88 Å². The lowest BCUT2D eigenvalue weighted by Gasteiger charge is -2.10. The molecule has 16 heavy (non-hydrogen) atoms. The van der Waals surface area contributed by atoms with Gasteiger partial charge < -0.3 is 19.7 Å². The third kappa shape index (κ3) is 3.52. The van der Waals surface area contributed by atoms with Crippen LogP contribution in [0.25, 0.3) is 0 Å². The number of rotatable bonds is 4. The Morgan fingerprint density at radius 1 is 1.50 bits per heavy atom. The highest BCUT2D eigenvalue weighted by Gasteiger charge is 2.11. The van der Waals surface area contributed by atoms with Gasteiger partial charge in [0.15, 0.2) is 6.61 Å². The van der Waals surface area contributed by atoms with Crippen molar-refractivity contribution < 1.29 is 19.6 Å². The molecule has 0 aliphatic carbocycles. The monoisotopic (exact) mass is 224 g/mol. The summed E-state index contributed by atoms with van der Waals surface area (Å²) in [6, 6.07) is 2.94. The summed E-state index contributed by atoms with van der Waals surface area (Å²) in [7, 11) is 1.71. The van der Waals surface area contributed by atoms with Crippen molar-refractivity contribution in [2.45, 2.75) is 0 Å². The number of hydrogen-bond donors (Lipinski definition) is 2. The lowest BCUT2D eigenvalue weighted by molar-refractivity contribution is -0.130. The smallest absolute Gasteiger partial charge is 0.468 e. The largest absolute Gasteiger partial charge is 0.490 e. The minimum atomic E-state index is -1.55. The molecule has 0 spiro atoms. The number of pyridine rings is 1. The average Bonchev–Trinajstić information content (AvgIpc) is 2.26. The van der Waals surface area contributed by atoms with Gasteiger partial charge in [0.1, 0.15) is 0 Å². The van der Waals surface area contributed by atoms with Crippen molar-refractivity contribution in [1.29, 1.82) is 0 Å². The normalized spacial score (nSPS) is 9.75. The first kappa shape index (κ1) is 12.5.